The van der Waals surface area contributed by atoms with Crippen LogP contribution in [0.3, 0.4) is 0 Å². The Balaban J connectivity index is 4.02. The first-order valence-corrected chi connectivity index (χ1v) is 4.83. The van der Waals surface area contributed by atoms with Crippen LogP contribution in [0.25, 0.3) is 0 Å². The highest BCUT2D eigenvalue weighted by Gasteiger charge is 2.17. The molecule has 11 heavy (non-hydrogen) atoms. The SMILES string of the molecule is CCC(C)N(C)C(=O)C(C)Br. The molecule has 0 spiro atoms. The molecule has 0 aliphatic rings. The first kappa shape index (κ1) is 11.0. The molecule has 0 heterocycles. The summed E-state index contributed by atoms with van der Waals surface area (Å²) in [4.78, 5) is 13.0. The zero-order valence-corrected chi connectivity index (χ0v) is 9.18. The number of hydrogen-bond donors (Lipinski definition) is 0. The van der Waals surface area contributed by atoms with Crippen molar-refractivity contribution in [2.75, 3.05) is 7.05 Å². The van der Waals surface area contributed by atoms with Gasteiger partial charge in [0.1, 0.15) is 0 Å². The average Bonchev–Trinajstić information content (AvgIpc) is 2.00. The van der Waals surface area contributed by atoms with Crippen molar-refractivity contribution in [2.24, 2.45) is 0 Å². The predicted octanol–water partition coefficient (Wildman–Crippen LogP) is 2.03. The normalized spacial score (nSPS) is 15.7. The molecule has 0 aromatic carbocycles. The minimum Gasteiger partial charge on any atom is -0.342 e. The summed E-state index contributed by atoms with van der Waals surface area (Å²) in [5, 5.41) is 0. The standard InChI is InChI=1S/C8H16BrNO/c1-5-6(2)10(4)8(11)7(3)9/h6-7H,5H2,1-4H3. The Labute approximate surface area is 77.1 Å². The van der Waals surface area contributed by atoms with E-state index < -0.39 is 0 Å². The number of carbonyl (C=O) groups is 1. The van der Waals surface area contributed by atoms with E-state index in [-0.39, 0.29) is 10.7 Å². The van der Waals surface area contributed by atoms with Gasteiger partial charge in [-0.15, -0.1) is 0 Å². The lowest BCUT2D eigenvalue weighted by Gasteiger charge is -2.24. The van der Waals surface area contributed by atoms with E-state index in [0.717, 1.165) is 6.42 Å². The maximum Gasteiger partial charge on any atom is 0.236 e. The maximum absolute atomic E-state index is 11.3. The molecule has 2 unspecified atom stereocenters. The van der Waals surface area contributed by atoms with Gasteiger partial charge in [0, 0.05) is 13.1 Å². The van der Waals surface area contributed by atoms with Crippen LogP contribution in [-0.4, -0.2) is 28.7 Å². The van der Waals surface area contributed by atoms with E-state index in [1.54, 1.807) is 4.90 Å². The van der Waals surface area contributed by atoms with Gasteiger partial charge >= 0.3 is 0 Å². The second-order valence-electron chi connectivity index (χ2n) is 2.82. The minimum absolute atomic E-state index is 0.0681. The highest BCUT2D eigenvalue weighted by atomic mass is 79.9. The molecule has 0 N–H and O–H groups in total. The summed E-state index contributed by atoms with van der Waals surface area (Å²) in [5.41, 5.74) is 0. The quantitative estimate of drug-likeness (QED) is 0.669. The lowest BCUT2D eigenvalue weighted by atomic mass is 10.2. The van der Waals surface area contributed by atoms with Crippen molar-refractivity contribution in [1.82, 2.24) is 4.90 Å². The molecule has 0 rings (SSSR count). The molecule has 0 saturated carbocycles. The van der Waals surface area contributed by atoms with Gasteiger partial charge in [0.15, 0.2) is 0 Å². The van der Waals surface area contributed by atoms with E-state index in [2.05, 4.69) is 22.9 Å². The Kier molecular flexibility index (Phi) is 4.73. The van der Waals surface area contributed by atoms with Gasteiger partial charge in [-0.2, -0.15) is 0 Å². The third-order valence-electron chi connectivity index (χ3n) is 1.94. The molecule has 2 atom stereocenters. The lowest BCUT2D eigenvalue weighted by Crippen LogP contribution is -2.38. The fraction of sp³-hybridized carbons (Fsp3) is 0.875. The van der Waals surface area contributed by atoms with Gasteiger partial charge < -0.3 is 4.90 Å². The van der Waals surface area contributed by atoms with Crippen molar-refractivity contribution in [2.45, 2.75) is 38.1 Å². The summed E-state index contributed by atoms with van der Waals surface area (Å²) in [7, 11) is 1.84. The minimum atomic E-state index is -0.0681. The molecule has 0 bridgehead atoms. The Hall–Kier alpha value is -0.0500. The number of rotatable bonds is 3. The van der Waals surface area contributed by atoms with Gasteiger partial charge in [-0.05, 0) is 20.3 Å². The zero-order chi connectivity index (χ0) is 9.02. The summed E-state index contributed by atoms with van der Waals surface area (Å²) in [5.74, 6) is 0.152. The van der Waals surface area contributed by atoms with Gasteiger partial charge in [-0.3, -0.25) is 4.79 Å². The molecule has 0 aromatic heterocycles. The van der Waals surface area contributed by atoms with E-state index >= 15 is 0 Å². The van der Waals surface area contributed by atoms with Crippen LogP contribution in [0.4, 0.5) is 0 Å². The van der Waals surface area contributed by atoms with Gasteiger partial charge in [0.05, 0.1) is 4.83 Å². The average molecular weight is 222 g/mol. The van der Waals surface area contributed by atoms with Crippen LogP contribution in [0.1, 0.15) is 27.2 Å². The second kappa shape index (κ2) is 4.75. The molecular weight excluding hydrogens is 206 g/mol. The first-order chi connectivity index (χ1) is 5.00. The topological polar surface area (TPSA) is 20.3 Å². The molecule has 3 heteroatoms. The van der Waals surface area contributed by atoms with Gasteiger partial charge in [0.2, 0.25) is 5.91 Å². The van der Waals surface area contributed by atoms with Crippen molar-refractivity contribution in [3.8, 4) is 0 Å². The molecule has 0 saturated heterocycles. The number of amides is 1. The van der Waals surface area contributed by atoms with E-state index in [0.29, 0.717) is 6.04 Å². The molecule has 0 aromatic rings. The van der Waals surface area contributed by atoms with Crippen molar-refractivity contribution < 1.29 is 4.79 Å². The molecular formula is C8H16BrNO. The summed E-state index contributed by atoms with van der Waals surface area (Å²) in [6.07, 6.45) is 1.00. The summed E-state index contributed by atoms with van der Waals surface area (Å²) >= 11 is 3.25. The molecule has 2 nitrogen and oxygen atoms in total. The second-order valence-corrected chi connectivity index (χ2v) is 4.20. The van der Waals surface area contributed by atoms with Crippen molar-refractivity contribution in [3.05, 3.63) is 0 Å². The highest BCUT2D eigenvalue weighted by Crippen LogP contribution is 2.07. The van der Waals surface area contributed by atoms with E-state index in [1.165, 1.54) is 0 Å². The molecule has 0 radical (unpaired) electrons. The van der Waals surface area contributed by atoms with Crippen LogP contribution in [-0.2, 0) is 4.79 Å². The van der Waals surface area contributed by atoms with Crippen LogP contribution in [0, 0.1) is 0 Å². The maximum atomic E-state index is 11.3. The number of alkyl halides is 1. The fourth-order valence-electron chi connectivity index (χ4n) is 0.772. The third kappa shape index (κ3) is 3.23. The summed E-state index contributed by atoms with van der Waals surface area (Å²) < 4.78 is 0. The van der Waals surface area contributed by atoms with Crippen LogP contribution in [0.15, 0.2) is 0 Å². The van der Waals surface area contributed by atoms with Crippen LogP contribution in [0.5, 0.6) is 0 Å². The van der Waals surface area contributed by atoms with Crippen LogP contribution < -0.4 is 0 Å². The van der Waals surface area contributed by atoms with Crippen LogP contribution >= 0.6 is 15.9 Å². The molecule has 66 valence electrons. The van der Waals surface area contributed by atoms with Gasteiger partial charge in [0.25, 0.3) is 0 Å². The number of hydrogen-bond acceptors (Lipinski definition) is 1. The van der Waals surface area contributed by atoms with Crippen molar-refractivity contribution >= 4 is 21.8 Å². The van der Waals surface area contributed by atoms with E-state index in [4.69, 9.17) is 0 Å². The Bertz CT molecular complexity index is 136. The molecule has 1 amide bonds. The van der Waals surface area contributed by atoms with Crippen LogP contribution in [0.2, 0.25) is 0 Å². The van der Waals surface area contributed by atoms with E-state index in [9.17, 15) is 4.79 Å². The number of halogens is 1. The van der Waals surface area contributed by atoms with E-state index in [1.807, 2.05) is 20.9 Å². The summed E-state index contributed by atoms with van der Waals surface area (Å²) in [6.45, 7) is 5.97. The monoisotopic (exact) mass is 221 g/mol. The Morgan fingerprint density at radius 3 is 2.27 bits per heavy atom. The largest absolute Gasteiger partial charge is 0.342 e. The predicted molar refractivity (Wildman–Crippen MR) is 50.9 cm³/mol. The molecule has 0 aliphatic heterocycles. The first-order valence-electron chi connectivity index (χ1n) is 3.91. The summed E-state index contributed by atoms with van der Waals surface area (Å²) in [6, 6.07) is 0.336. The van der Waals surface area contributed by atoms with Gasteiger partial charge in [-0.25, -0.2) is 0 Å². The van der Waals surface area contributed by atoms with Crippen molar-refractivity contribution in [3.63, 3.8) is 0 Å². The van der Waals surface area contributed by atoms with Gasteiger partial charge in [-0.1, -0.05) is 22.9 Å². The molecule has 0 fully saturated rings. The fourth-order valence-corrected chi connectivity index (χ4v) is 1.09. The Morgan fingerprint density at radius 1 is 1.55 bits per heavy atom. The highest BCUT2D eigenvalue weighted by molar-refractivity contribution is 9.10. The number of nitrogens with zero attached hydrogens (tertiary/aromatic N) is 1. The van der Waals surface area contributed by atoms with Crippen molar-refractivity contribution in [1.29, 1.82) is 0 Å². The lowest BCUT2D eigenvalue weighted by molar-refractivity contribution is -0.130. The Morgan fingerprint density at radius 2 is 2.00 bits per heavy atom. The molecule has 0 aliphatic carbocycles. The third-order valence-corrected chi connectivity index (χ3v) is 2.33. The zero-order valence-electron chi connectivity index (χ0n) is 7.60. The number of carbonyl (C=O) groups excluding carboxylic acids is 1. The smallest absolute Gasteiger partial charge is 0.236 e.